The van der Waals surface area contributed by atoms with E-state index >= 15 is 0 Å². The minimum absolute atomic E-state index is 0.199. The Hall–Kier alpha value is -1.18. The van der Waals surface area contributed by atoms with Crippen molar-refractivity contribution in [1.29, 1.82) is 0 Å². The van der Waals surface area contributed by atoms with Crippen LogP contribution in [0.15, 0.2) is 6.07 Å². The Kier molecular flexibility index (Phi) is 4.01. The van der Waals surface area contributed by atoms with Crippen molar-refractivity contribution >= 4 is 0 Å². The lowest BCUT2D eigenvalue weighted by atomic mass is 9.96. The van der Waals surface area contributed by atoms with Gasteiger partial charge < -0.3 is 10.2 Å². The van der Waals surface area contributed by atoms with Gasteiger partial charge in [-0.15, -0.1) is 0 Å². The van der Waals surface area contributed by atoms with Gasteiger partial charge in [0.25, 0.3) is 0 Å². The van der Waals surface area contributed by atoms with Crippen LogP contribution in [0.1, 0.15) is 42.9 Å². The molecule has 1 aromatic rings. The molecule has 84 valence electrons. The third kappa shape index (κ3) is 2.65. The zero-order valence-corrected chi connectivity index (χ0v) is 9.80. The molecule has 1 aromatic carbocycles. The van der Waals surface area contributed by atoms with E-state index in [0.29, 0.717) is 0 Å². The molecule has 2 heteroatoms. The number of rotatable bonds is 4. The number of unbranched alkanes of at least 4 members (excludes halogenated alkanes) is 2. The van der Waals surface area contributed by atoms with E-state index in [0.717, 1.165) is 29.5 Å². The molecule has 0 aliphatic carbocycles. The van der Waals surface area contributed by atoms with Crippen LogP contribution in [0.3, 0.4) is 0 Å². The summed E-state index contributed by atoms with van der Waals surface area (Å²) in [6.07, 6.45) is 4.42. The first kappa shape index (κ1) is 11.9. The highest BCUT2D eigenvalue weighted by Gasteiger charge is 2.10. The van der Waals surface area contributed by atoms with Crippen molar-refractivity contribution in [1.82, 2.24) is 0 Å². The van der Waals surface area contributed by atoms with E-state index in [1.807, 2.05) is 13.8 Å². The molecule has 0 aliphatic heterocycles. The largest absolute Gasteiger partial charge is 0.508 e. The zero-order valence-electron chi connectivity index (χ0n) is 9.80. The lowest BCUT2D eigenvalue weighted by molar-refractivity contribution is 0.443. The number of benzene rings is 1. The Morgan fingerprint density at radius 2 is 1.53 bits per heavy atom. The Morgan fingerprint density at radius 3 is 2.00 bits per heavy atom. The molecule has 0 amide bonds. The quantitative estimate of drug-likeness (QED) is 0.744. The summed E-state index contributed by atoms with van der Waals surface area (Å²) in [5, 5.41) is 19.2. The Bertz CT molecular complexity index is 317. The van der Waals surface area contributed by atoms with Gasteiger partial charge >= 0.3 is 0 Å². The van der Waals surface area contributed by atoms with Gasteiger partial charge in [0.1, 0.15) is 11.5 Å². The highest BCUT2D eigenvalue weighted by molar-refractivity contribution is 5.50. The van der Waals surface area contributed by atoms with E-state index < -0.39 is 0 Å². The average Bonchev–Trinajstić information content (AvgIpc) is 2.20. The fourth-order valence-corrected chi connectivity index (χ4v) is 1.86. The Labute approximate surface area is 91.6 Å². The maximum Gasteiger partial charge on any atom is 0.122 e. The minimum Gasteiger partial charge on any atom is -0.508 e. The number of phenols is 2. The molecular weight excluding hydrogens is 188 g/mol. The zero-order chi connectivity index (χ0) is 11.4. The van der Waals surface area contributed by atoms with E-state index in [9.17, 15) is 10.2 Å². The number of hydrogen-bond acceptors (Lipinski definition) is 2. The minimum atomic E-state index is 0.199. The van der Waals surface area contributed by atoms with Crippen LogP contribution in [0, 0.1) is 13.8 Å². The van der Waals surface area contributed by atoms with Gasteiger partial charge in [-0.25, -0.2) is 0 Å². The van der Waals surface area contributed by atoms with Crippen molar-refractivity contribution in [3.63, 3.8) is 0 Å². The molecule has 0 heterocycles. The normalized spacial score (nSPS) is 10.6. The van der Waals surface area contributed by atoms with Gasteiger partial charge in [0.2, 0.25) is 0 Å². The van der Waals surface area contributed by atoms with Crippen molar-refractivity contribution in [3.8, 4) is 11.5 Å². The van der Waals surface area contributed by atoms with Crippen LogP contribution < -0.4 is 0 Å². The molecule has 15 heavy (non-hydrogen) atoms. The van der Waals surface area contributed by atoms with Crippen molar-refractivity contribution in [3.05, 3.63) is 22.8 Å². The van der Waals surface area contributed by atoms with Gasteiger partial charge in [-0.05, 0) is 43.4 Å². The van der Waals surface area contributed by atoms with E-state index in [4.69, 9.17) is 0 Å². The standard InChI is InChI=1S/C13H20O2/c1-4-5-6-7-11-9(2)12(14)8-13(15)10(11)3/h8,14-15H,4-7H2,1-3H3. The third-order valence-electron chi connectivity index (χ3n) is 2.98. The van der Waals surface area contributed by atoms with Crippen molar-refractivity contribution in [2.24, 2.45) is 0 Å². The topological polar surface area (TPSA) is 40.5 Å². The first-order valence-corrected chi connectivity index (χ1v) is 5.59. The third-order valence-corrected chi connectivity index (χ3v) is 2.98. The average molecular weight is 208 g/mol. The molecule has 0 fully saturated rings. The fourth-order valence-electron chi connectivity index (χ4n) is 1.86. The first-order chi connectivity index (χ1) is 7.07. The Balaban J connectivity index is 2.94. The molecule has 2 N–H and O–H groups in total. The summed E-state index contributed by atoms with van der Waals surface area (Å²) in [7, 11) is 0. The predicted octanol–water partition coefficient (Wildman–Crippen LogP) is 3.45. The van der Waals surface area contributed by atoms with E-state index in [1.165, 1.54) is 18.9 Å². The van der Waals surface area contributed by atoms with Crippen LogP contribution in [0.25, 0.3) is 0 Å². The highest BCUT2D eigenvalue weighted by Crippen LogP contribution is 2.32. The van der Waals surface area contributed by atoms with Gasteiger partial charge in [-0.2, -0.15) is 0 Å². The molecule has 0 unspecified atom stereocenters. The second kappa shape index (κ2) is 5.06. The second-order valence-electron chi connectivity index (χ2n) is 4.10. The van der Waals surface area contributed by atoms with Crippen LogP contribution in [-0.4, -0.2) is 10.2 Å². The molecule has 0 radical (unpaired) electrons. The van der Waals surface area contributed by atoms with Gasteiger partial charge in [-0.1, -0.05) is 19.8 Å². The molecule has 0 aliphatic rings. The summed E-state index contributed by atoms with van der Waals surface area (Å²) in [4.78, 5) is 0. The summed E-state index contributed by atoms with van der Waals surface area (Å²) >= 11 is 0. The molecule has 2 nitrogen and oxygen atoms in total. The number of hydrogen-bond donors (Lipinski definition) is 2. The number of phenolic OH excluding ortho intramolecular Hbond substituents is 2. The van der Waals surface area contributed by atoms with Gasteiger partial charge in [0.15, 0.2) is 0 Å². The van der Waals surface area contributed by atoms with Crippen LogP contribution in [-0.2, 0) is 6.42 Å². The first-order valence-electron chi connectivity index (χ1n) is 5.59. The van der Waals surface area contributed by atoms with E-state index in [-0.39, 0.29) is 11.5 Å². The van der Waals surface area contributed by atoms with Crippen LogP contribution in [0.4, 0.5) is 0 Å². The van der Waals surface area contributed by atoms with Crippen molar-refractivity contribution in [2.75, 3.05) is 0 Å². The van der Waals surface area contributed by atoms with Crippen molar-refractivity contribution in [2.45, 2.75) is 46.5 Å². The summed E-state index contributed by atoms with van der Waals surface area (Å²) in [5.41, 5.74) is 2.91. The summed E-state index contributed by atoms with van der Waals surface area (Å²) in [5.74, 6) is 0.397. The van der Waals surface area contributed by atoms with Gasteiger partial charge in [0.05, 0.1) is 0 Å². The van der Waals surface area contributed by atoms with Crippen LogP contribution in [0.2, 0.25) is 0 Å². The lowest BCUT2D eigenvalue weighted by Gasteiger charge is -2.12. The SMILES string of the molecule is CCCCCc1c(C)c(O)cc(O)c1C. The molecule has 0 atom stereocenters. The Morgan fingerprint density at radius 1 is 1.00 bits per heavy atom. The smallest absolute Gasteiger partial charge is 0.122 e. The van der Waals surface area contributed by atoms with E-state index in [2.05, 4.69) is 6.92 Å². The summed E-state index contributed by atoms with van der Waals surface area (Å²) < 4.78 is 0. The molecule has 0 spiro atoms. The molecular formula is C13H20O2. The molecule has 1 rings (SSSR count). The van der Waals surface area contributed by atoms with Crippen LogP contribution in [0.5, 0.6) is 11.5 Å². The summed E-state index contributed by atoms with van der Waals surface area (Å²) in [6.45, 7) is 5.98. The van der Waals surface area contributed by atoms with E-state index in [1.54, 1.807) is 0 Å². The van der Waals surface area contributed by atoms with Crippen LogP contribution >= 0.6 is 0 Å². The molecule has 0 bridgehead atoms. The molecule has 0 aromatic heterocycles. The molecule has 0 saturated heterocycles. The van der Waals surface area contributed by atoms with Gasteiger partial charge in [0, 0.05) is 6.07 Å². The maximum absolute atomic E-state index is 9.60. The maximum atomic E-state index is 9.60. The van der Waals surface area contributed by atoms with Crippen molar-refractivity contribution < 1.29 is 10.2 Å². The number of aromatic hydroxyl groups is 2. The highest BCUT2D eigenvalue weighted by atomic mass is 16.3. The molecule has 0 saturated carbocycles. The predicted molar refractivity (Wildman–Crippen MR) is 62.5 cm³/mol. The fraction of sp³-hybridized carbons (Fsp3) is 0.538. The van der Waals surface area contributed by atoms with Gasteiger partial charge in [-0.3, -0.25) is 0 Å². The monoisotopic (exact) mass is 208 g/mol. The lowest BCUT2D eigenvalue weighted by Crippen LogP contribution is -1.95. The second-order valence-corrected chi connectivity index (χ2v) is 4.10. The summed E-state index contributed by atoms with van der Waals surface area (Å²) in [6, 6.07) is 1.42.